The van der Waals surface area contributed by atoms with Gasteiger partial charge in [-0.15, -0.1) is 0 Å². The molecule has 0 fully saturated rings. The summed E-state index contributed by atoms with van der Waals surface area (Å²) in [5.41, 5.74) is 13.6. The molecule has 0 radical (unpaired) electrons. The third kappa shape index (κ3) is 5.25. The molecule has 0 aliphatic rings. The summed E-state index contributed by atoms with van der Waals surface area (Å²) in [6.45, 7) is 6.71. The molecule has 5 heteroatoms. The SMILES string of the molecule is CC(C)(C)c1cc(-c2cc(-c3ccccc3)c(C#N)cn2)cc(-c2cccc3c2nc(-c2cccc4c2[nH]c2ccccc24)n3-c2ccccc2)c1. The number of hydrogen-bond donors (Lipinski definition) is 1. The molecule has 0 amide bonds. The highest BCUT2D eigenvalue weighted by Gasteiger charge is 2.23. The minimum absolute atomic E-state index is 0.132. The van der Waals surface area contributed by atoms with E-state index in [1.807, 2.05) is 42.5 Å². The Morgan fingerprint density at radius 3 is 2.12 bits per heavy atom. The lowest BCUT2D eigenvalue weighted by Crippen LogP contribution is -2.11. The molecule has 3 heterocycles. The Labute approximate surface area is 302 Å². The van der Waals surface area contributed by atoms with Gasteiger partial charge in [0.2, 0.25) is 0 Å². The van der Waals surface area contributed by atoms with Crippen molar-refractivity contribution >= 4 is 32.8 Å². The Bertz CT molecular complexity index is 2830. The van der Waals surface area contributed by atoms with Gasteiger partial charge in [-0.25, -0.2) is 4.98 Å². The first-order valence-corrected chi connectivity index (χ1v) is 17.6. The van der Waals surface area contributed by atoms with Crippen LogP contribution in [0.3, 0.4) is 0 Å². The van der Waals surface area contributed by atoms with Gasteiger partial charge in [-0.1, -0.05) is 118 Å². The number of pyridine rings is 1. The van der Waals surface area contributed by atoms with Crippen LogP contribution in [0.5, 0.6) is 0 Å². The molecule has 6 aromatic carbocycles. The standard InChI is InChI=1S/C47H35N5/c1-47(2,3)34-25-31(24-32(26-34)42-27-40(33(28-48)29-49-42)30-14-6-4-7-15-30)36-19-13-23-43-45(36)51-46(52(43)35-16-8-5-9-17-35)39-21-12-20-38-37-18-10-11-22-41(37)50-44(38)39/h4-27,29,50H,1-3H3. The van der Waals surface area contributed by atoms with Crippen molar-refractivity contribution in [2.24, 2.45) is 0 Å². The van der Waals surface area contributed by atoms with Gasteiger partial charge >= 0.3 is 0 Å². The van der Waals surface area contributed by atoms with E-state index in [0.717, 1.165) is 72.7 Å². The number of nitrogens with one attached hydrogen (secondary N) is 1. The zero-order valence-electron chi connectivity index (χ0n) is 29.2. The zero-order valence-corrected chi connectivity index (χ0v) is 29.2. The first-order valence-electron chi connectivity index (χ1n) is 17.6. The summed E-state index contributed by atoms with van der Waals surface area (Å²) in [7, 11) is 0. The lowest BCUT2D eigenvalue weighted by atomic mass is 9.83. The van der Waals surface area contributed by atoms with E-state index in [0.29, 0.717) is 5.56 Å². The van der Waals surface area contributed by atoms with Crippen LogP contribution >= 0.6 is 0 Å². The van der Waals surface area contributed by atoms with Gasteiger partial charge in [0.05, 0.1) is 27.8 Å². The second kappa shape index (κ2) is 12.2. The number of nitriles is 1. The van der Waals surface area contributed by atoms with Gasteiger partial charge in [-0.05, 0) is 70.6 Å². The number of aromatic amines is 1. The quantitative estimate of drug-likeness (QED) is 0.198. The van der Waals surface area contributed by atoms with Crippen LogP contribution in [0.2, 0.25) is 0 Å². The number of fused-ring (bicyclic) bond motifs is 4. The number of para-hydroxylation sites is 4. The van der Waals surface area contributed by atoms with E-state index in [1.165, 1.54) is 16.3 Å². The van der Waals surface area contributed by atoms with Crippen molar-refractivity contribution in [1.82, 2.24) is 19.5 Å². The first kappa shape index (κ1) is 31.2. The number of H-pyrrole nitrogens is 1. The fraction of sp³-hybridized carbons (Fsp3) is 0.0851. The zero-order chi connectivity index (χ0) is 35.4. The van der Waals surface area contributed by atoms with Gasteiger partial charge in [0.25, 0.3) is 0 Å². The van der Waals surface area contributed by atoms with Crippen LogP contribution in [0, 0.1) is 11.3 Å². The van der Waals surface area contributed by atoms with E-state index in [1.54, 1.807) is 6.20 Å². The highest BCUT2D eigenvalue weighted by atomic mass is 15.1. The Morgan fingerprint density at radius 2 is 1.33 bits per heavy atom. The van der Waals surface area contributed by atoms with Gasteiger partial charge in [0, 0.05) is 50.4 Å². The molecule has 0 unspecified atom stereocenters. The lowest BCUT2D eigenvalue weighted by molar-refractivity contribution is 0.590. The van der Waals surface area contributed by atoms with Crippen molar-refractivity contribution in [2.45, 2.75) is 26.2 Å². The van der Waals surface area contributed by atoms with Crippen LogP contribution in [0.4, 0.5) is 0 Å². The molecule has 0 spiro atoms. The van der Waals surface area contributed by atoms with E-state index in [4.69, 9.17) is 9.97 Å². The average Bonchev–Trinajstić information content (AvgIpc) is 3.77. The summed E-state index contributed by atoms with van der Waals surface area (Å²) in [4.78, 5) is 14.1. The van der Waals surface area contributed by atoms with Crippen molar-refractivity contribution in [1.29, 1.82) is 5.26 Å². The molecule has 9 rings (SSSR count). The lowest BCUT2D eigenvalue weighted by Gasteiger charge is -2.22. The number of rotatable bonds is 5. The van der Waals surface area contributed by atoms with Crippen LogP contribution in [-0.2, 0) is 5.41 Å². The molecule has 248 valence electrons. The largest absolute Gasteiger partial charge is 0.354 e. The summed E-state index contributed by atoms with van der Waals surface area (Å²) >= 11 is 0. The molecular formula is C47H35N5. The third-order valence-corrected chi connectivity index (χ3v) is 10.00. The Balaban J connectivity index is 1.29. The summed E-state index contributed by atoms with van der Waals surface area (Å²) in [5.74, 6) is 0.874. The Kier molecular flexibility index (Phi) is 7.34. The normalized spacial score (nSPS) is 11.7. The number of nitrogens with zero attached hydrogens (tertiary/aromatic N) is 4. The molecule has 0 saturated carbocycles. The van der Waals surface area contributed by atoms with E-state index in [9.17, 15) is 5.26 Å². The molecule has 0 aliphatic heterocycles. The number of aromatic nitrogens is 4. The van der Waals surface area contributed by atoms with Gasteiger partial charge in [0.1, 0.15) is 11.9 Å². The second-order valence-corrected chi connectivity index (χ2v) is 14.3. The summed E-state index contributed by atoms with van der Waals surface area (Å²) < 4.78 is 2.28. The molecule has 1 N–H and O–H groups in total. The third-order valence-electron chi connectivity index (χ3n) is 10.00. The van der Waals surface area contributed by atoms with E-state index >= 15 is 0 Å². The number of imidazole rings is 1. The van der Waals surface area contributed by atoms with Crippen molar-refractivity contribution in [2.75, 3.05) is 0 Å². The van der Waals surface area contributed by atoms with Crippen LogP contribution < -0.4 is 0 Å². The van der Waals surface area contributed by atoms with Crippen molar-refractivity contribution < 1.29 is 0 Å². The van der Waals surface area contributed by atoms with E-state index < -0.39 is 0 Å². The fourth-order valence-corrected chi connectivity index (χ4v) is 7.33. The number of benzene rings is 6. The monoisotopic (exact) mass is 669 g/mol. The van der Waals surface area contributed by atoms with Crippen LogP contribution in [0.25, 0.3) is 83.4 Å². The topological polar surface area (TPSA) is 70.3 Å². The summed E-state index contributed by atoms with van der Waals surface area (Å²) in [5, 5.41) is 12.3. The molecule has 0 aliphatic carbocycles. The van der Waals surface area contributed by atoms with E-state index in [2.05, 4.69) is 140 Å². The average molecular weight is 670 g/mol. The van der Waals surface area contributed by atoms with Crippen molar-refractivity contribution in [3.63, 3.8) is 0 Å². The van der Waals surface area contributed by atoms with Crippen molar-refractivity contribution in [3.8, 4) is 56.7 Å². The molecule has 3 aromatic heterocycles. The number of hydrogen-bond acceptors (Lipinski definition) is 3. The Morgan fingerprint density at radius 1 is 0.635 bits per heavy atom. The minimum atomic E-state index is -0.132. The Hall–Kier alpha value is -6.77. The molecular weight excluding hydrogens is 635 g/mol. The van der Waals surface area contributed by atoms with Crippen LogP contribution in [0.15, 0.2) is 152 Å². The molecule has 0 saturated heterocycles. The van der Waals surface area contributed by atoms with Gasteiger partial charge < -0.3 is 4.98 Å². The van der Waals surface area contributed by atoms with Crippen molar-refractivity contribution in [3.05, 3.63) is 163 Å². The van der Waals surface area contributed by atoms with Crippen LogP contribution in [0.1, 0.15) is 31.9 Å². The predicted molar refractivity (Wildman–Crippen MR) is 213 cm³/mol. The molecule has 0 bridgehead atoms. The highest BCUT2D eigenvalue weighted by molar-refractivity contribution is 6.12. The maximum absolute atomic E-state index is 9.97. The molecule has 52 heavy (non-hydrogen) atoms. The molecule has 9 aromatic rings. The van der Waals surface area contributed by atoms with E-state index in [-0.39, 0.29) is 5.41 Å². The summed E-state index contributed by atoms with van der Waals surface area (Å²) in [6.07, 6.45) is 1.69. The van der Waals surface area contributed by atoms with Gasteiger partial charge in [-0.3, -0.25) is 9.55 Å². The summed E-state index contributed by atoms with van der Waals surface area (Å²) in [6, 6.07) is 53.0. The maximum Gasteiger partial charge on any atom is 0.147 e. The predicted octanol–water partition coefficient (Wildman–Crippen LogP) is 11.9. The maximum atomic E-state index is 9.97. The highest BCUT2D eigenvalue weighted by Crippen LogP contribution is 2.40. The van der Waals surface area contributed by atoms with Gasteiger partial charge in [-0.2, -0.15) is 5.26 Å². The molecule has 5 nitrogen and oxygen atoms in total. The molecule has 0 atom stereocenters. The minimum Gasteiger partial charge on any atom is -0.354 e. The van der Waals surface area contributed by atoms with Gasteiger partial charge in [0.15, 0.2) is 0 Å². The second-order valence-electron chi connectivity index (χ2n) is 14.3. The smallest absolute Gasteiger partial charge is 0.147 e. The fourth-order valence-electron chi connectivity index (χ4n) is 7.33. The first-order chi connectivity index (χ1) is 25.4. The van der Waals surface area contributed by atoms with Crippen LogP contribution in [-0.4, -0.2) is 19.5 Å².